The van der Waals surface area contributed by atoms with Crippen LogP contribution in [-0.2, 0) is 6.54 Å². The Hall–Kier alpha value is -3.43. The van der Waals surface area contributed by atoms with Crippen molar-refractivity contribution in [3.63, 3.8) is 0 Å². The zero-order valence-electron chi connectivity index (χ0n) is 16.4. The van der Waals surface area contributed by atoms with Crippen LogP contribution in [0.1, 0.15) is 5.56 Å². The Morgan fingerprint density at radius 3 is 2.03 bits per heavy atom. The van der Waals surface area contributed by atoms with Crippen molar-refractivity contribution < 1.29 is 37.3 Å². The number of rotatable bonds is 9. The first-order valence-electron chi connectivity index (χ1n) is 8.38. The van der Waals surface area contributed by atoms with E-state index in [9.17, 15) is 13.6 Å². The average Bonchev–Trinajstić information content (AvgIpc) is 2.71. The van der Waals surface area contributed by atoms with Gasteiger partial charge < -0.3 is 34.3 Å². The molecule has 2 N–H and O–H groups in total. The van der Waals surface area contributed by atoms with Gasteiger partial charge in [-0.25, -0.2) is 4.79 Å². The number of halogens is 2. The van der Waals surface area contributed by atoms with E-state index in [4.69, 9.17) is 18.9 Å². The van der Waals surface area contributed by atoms with Crippen LogP contribution in [-0.4, -0.2) is 41.1 Å². The molecule has 0 saturated carbocycles. The van der Waals surface area contributed by atoms with Crippen LogP contribution in [0.3, 0.4) is 0 Å². The number of ether oxygens (including phenoxy) is 5. The predicted molar refractivity (Wildman–Crippen MR) is 102 cm³/mol. The quantitative estimate of drug-likeness (QED) is 0.654. The number of amides is 2. The first-order chi connectivity index (χ1) is 13.9. The normalized spacial score (nSPS) is 10.3. The molecule has 0 heterocycles. The highest BCUT2D eigenvalue weighted by molar-refractivity contribution is 5.89. The summed E-state index contributed by atoms with van der Waals surface area (Å²) in [7, 11) is 5.80. The Kier molecular flexibility index (Phi) is 7.70. The second-order valence-electron chi connectivity index (χ2n) is 5.59. The number of urea groups is 1. The maximum absolute atomic E-state index is 12.5. The molecule has 2 aromatic carbocycles. The summed E-state index contributed by atoms with van der Waals surface area (Å²) in [6.45, 7) is -2.87. The third-order valence-corrected chi connectivity index (χ3v) is 3.82. The van der Waals surface area contributed by atoms with Crippen molar-refractivity contribution in [2.24, 2.45) is 0 Å². The third kappa shape index (κ3) is 5.77. The fourth-order valence-electron chi connectivity index (χ4n) is 2.54. The molecule has 10 heteroatoms. The van der Waals surface area contributed by atoms with Crippen molar-refractivity contribution in [1.29, 1.82) is 0 Å². The smallest absolute Gasteiger partial charge is 0.387 e. The molecule has 158 valence electrons. The van der Waals surface area contributed by atoms with Crippen LogP contribution in [0.4, 0.5) is 19.3 Å². The molecule has 2 amide bonds. The second-order valence-corrected chi connectivity index (χ2v) is 5.59. The molecule has 0 aliphatic carbocycles. The number of carbonyl (C=O) groups excluding carboxylic acids is 1. The number of nitrogens with one attached hydrogen (secondary N) is 2. The lowest BCUT2D eigenvalue weighted by atomic mass is 10.2. The summed E-state index contributed by atoms with van der Waals surface area (Å²) >= 11 is 0. The van der Waals surface area contributed by atoms with Gasteiger partial charge in [0.05, 0.1) is 28.4 Å². The van der Waals surface area contributed by atoms with Crippen molar-refractivity contribution in [3.05, 3.63) is 35.9 Å². The van der Waals surface area contributed by atoms with Gasteiger partial charge in [-0.3, -0.25) is 0 Å². The maximum Gasteiger partial charge on any atom is 0.387 e. The number of hydrogen-bond donors (Lipinski definition) is 2. The highest BCUT2D eigenvalue weighted by Gasteiger charge is 2.15. The van der Waals surface area contributed by atoms with Crippen LogP contribution < -0.4 is 34.3 Å². The number of carbonyl (C=O) groups is 1. The lowest BCUT2D eigenvalue weighted by Gasteiger charge is -2.15. The Labute approximate surface area is 166 Å². The molecule has 2 rings (SSSR count). The number of anilines is 1. The van der Waals surface area contributed by atoms with E-state index in [0.717, 1.165) is 0 Å². The molecule has 0 fully saturated rings. The molecular weight excluding hydrogens is 390 g/mol. The molecular formula is C19H22F2N2O6. The summed E-state index contributed by atoms with van der Waals surface area (Å²) in [5.74, 6) is 1.27. The van der Waals surface area contributed by atoms with Gasteiger partial charge in [0.25, 0.3) is 0 Å². The fraction of sp³-hybridized carbons (Fsp3) is 0.316. The van der Waals surface area contributed by atoms with Gasteiger partial charge in [-0.1, -0.05) is 0 Å². The molecule has 0 aromatic heterocycles. The SMILES string of the molecule is COc1ccc(NC(=O)NCc2cc(OC)c(OC)c(OC)c2)cc1OC(F)F. The standard InChI is InChI=1S/C19H22F2N2O6/c1-25-13-6-5-12(9-14(13)29-18(20)21)23-19(24)22-10-11-7-15(26-2)17(28-4)16(8-11)27-3/h5-9,18H,10H2,1-4H3,(H2,22,23,24). The van der Waals surface area contributed by atoms with Crippen molar-refractivity contribution in [3.8, 4) is 28.7 Å². The van der Waals surface area contributed by atoms with Gasteiger partial charge >= 0.3 is 12.6 Å². The molecule has 0 spiro atoms. The molecule has 0 atom stereocenters. The van der Waals surface area contributed by atoms with Crippen LogP contribution in [0.15, 0.2) is 30.3 Å². The first-order valence-corrected chi connectivity index (χ1v) is 8.38. The van der Waals surface area contributed by atoms with Crippen molar-refractivity contribution in [2.45, 2.75) is 13.2 Å². The van der Waals surface area contributed by atoms with E-state index >= 15 is 0 Å². The largest absolute Gasteiger partial charge is 0.493 e. The van der Waals surface area contributed by atoms with Gasteiger partial charge in [0, 0.05) is 18.3 Å². The topological polar surface area (TPSA) is 87.3 Å². The summed E-state index contributed by atoms with van der Waals surface area (Å²) in [5, 5.41) is 5.19. The molecule has 2 aromatic rings. The van der Waals surface area contributed by atoms with Gasteiger partial charge in [0.15, 0.2) is 23.0 Å². The van der Waals surface area contributed by atoms with Crippen molar-refractivity contribution >= 4 is 11.7 Å². The van der Waals surface area contributed by atoms with Gasteiger partial charge in [0.1, 0.15) is 0 Å². The average molecular weight is 412 g/mol. The van der Waals surface area contributed by atoms with Crippen LogP contribution in [0.5, 0.6) is 28.7 Å². The van der Waals surface area contributed by atoms with Crippen LogP contribution in [0.25, 0.3) is 0 Å². The zero-order valence-corrected chi connectivity index (χ0v) is 16.4. The molecule has 0 bridgehead atoms. The summed E-state index contributed by atoms with van der Waals surface area (Å²) in [5.41, 5.74) is 0.954. The van der Waals surface area contributed by atoms with Crippen molar-refractivity contribution in [2.75, 3.05) is 33.8 Å². The highest BCUT2D eigenvalue weighted by Crippen LogP contribution is 2.38. The maximum atomic E-state index is 12.5. The third-order valence-electron chi connectivity index (χ3n) is 3.82. The number of hydrogen-bond acceptors (Lipinski definition) is 6. The lowest BCUT2D eigenvalue weighted by molar-refractivity contribution is -0.0511. The van der Waals surface area contributed by atoms with Crippen molar-refractivity contribution in [1.82, 2.24) is 5.32 Å². The van der Waals surface area contributed by atoms with E-state index in [2.05, 4.69) is 15.4 Å². The highest BCUT2D eigenvalue weighted by atomic mass is 19.3. The minimum Gasteiger partial charge on any atom is -0.493 e. The Morgan fingerprint density at radius 2 is 1.52 bits per heavy atom. The van der Waals surface area contributed by atoms with Gasteiger partial charge in [-0.15, -0.1) is 0 Å². The first kappa shape index (κ1) is 21.9. The number of benzene rings is 2. The second kappa shape index (κ2) is 10.2. The molecule has 0 radical (unpaired) electrons. The molecule has 0 saturated heterocycles. The predicted octanol–water partition coefficient (Wildman–Crippen LogP) is 3.64. The molecule has 0 unspecified atom stereocenters. The fourth-order valence-corrected chi connectivity index (χ4v) is 2.54. The Balaban J connectivity index is 2.07. The summed E-state index contributed by atoms with van der Waals surface area (Å²) in [6, 6.07) is 6.99. The Bertz CT molecular complexity index is 822. The van der Waals surface area contributed by atoms with Crippen LogP contribution >= 0.6 is 0 Å². The number of alkyl halides is 2. The summed E-state index contributed by atoms with van der Waals surface area (Å²) < 4.78 is 50.2. The minimum atomic E-state index is -3.02. The van der Waals surface area contributed by atoms with Gasteiger partial charge in [-0.2, -0.15) is 8.78 Å². The molecule has 0 aliphatic rings. The number of methoxy groups -OCH3 is 4. The van der Waals surface area contributed by atoms with Gasteiger partial charge in [0.2, 0.25) is 5.75 Å². The molecule has 8 nitrogen and oxygen atoms in total. The Morgan fingerprint density at radius 1 is 0.897 bits per heavy atom. The van der Waals surface area contributed by atoms with Crippen LogP contribution in [0.2, 0.25) is 0 Å². The zero-order chi connectivity index (χ0) is 21.4. The van der Waals surface area contributed by atoms with E-state index in [1.807, 2.05) is 0 Å². The van der Waals surface area contributed by atoms with E-state index in [-0.39, 0.29) is 23.7 Å². The van der Waals surface area contributed by atoms with Gasteiger partial charge in [-0.05, 0) is 29.8 Å². The monoisotopic (exact) mass is 412 g/mol. The molecule has 0 aliphatic heterocycles. The minimum absolute atomic E-state index is 0.119. The molecule has 29 heavy (non-hydrogen) atoms. The van der Waals surface area contributed by atoms with E-state index in [1.54, 1.807) is 12.1 Å². The van der Waals surface area contributed by atoms with Crippen LogP contribution in [0, 0.1) is 0 Å². The van der Waals surface area contributed by atoms with E-state index < -0.39 is 12.6 Å². The van der Waals surface area contributed by atoms with E-state index in [0.29, 0.717) is 22.8 Å². The summed E-state index contributed by atoms with van der Waals surface area (Å²) in [4.78, 5) is 12.2. The summed E-state index contributed by atoms with van der Waals surface area (Å²) in [6.07, 6.45) is 0. The lowest BCUT2D eigenvalue weighted by Crippen LogP contribution is -2.28. The van der Waals surface area contributed by atoms with E-state index in [1.165, 1.54) is 46.6 Å².